The Hall–Kier alpha value is -3.04. The number of nitrogens with zero attached hydrogens (tertiary/aromatic N) is 3. The summed E-state index contributed by atoms with van der Waals surface area (Å²) in [6.45, 7) is 0. The van der Waals surface area contributed by atoms with Gasteiger partial charge in [-0.05, 0) is 42.7 Å². The van der Waals surface area contributed by atoms with Crippen LogP contribution in [0.4, 0.5) is 26.3 Å². The highest BCUT2D eigenvalue weighted by molar-refractivity contribution is 5.83. The molecule has 4 rings (SSSR count). The van der Waals surface area contributed by atoms with E-state index in [1.165, 1.54) is 28.9 Å². The molecule has 1 aliphatic rings. The molecule has 2 heterocycles. The summed E-state index contributed by atoms with van der Waals surface area (Å²) < 4.78 is 81.7. The van der Waals surface area contributed by atoms with Crippen LogP contribution in [0.15, 0.2) is 48.9 Å². The quantitative estimate of drug-likeness (QED) is 0.541. The number of allylic oxidation sites excluding steroid dienone is 1. The van der Waals surface area contributed by atoms with Crippen LogP contribution in [0.2, 0.25) is 0 Å². The van der Waals surface area contributed by atoms with E-state index in [0.29, 0.717) is 5.69 Å². The fraction of sp³-hybridized carbons (Fsp3) is 0.300. The fourth-order valence-electron chi connectivity index (χ4n) is 3.30. The zero-order chi connectivity index (χ0) is 21.6. The number of benzene rings is 1. The molecular weight excluding hydrogens is 410 g/mol. The second-order valence-corrected chi connectivity index (χ2v) is 7.30. The molecule has 1 aliphatic carbocycles. The van der Waals surface area contributed by atoms with E-state index in [-0.39, 0.29) is 36.3 Å². The molecule has 0 amide bonds. The third kappa shape index (κ3) is 3.99. The van der Waals surface area contributed by atoms with Crippen LogP contribution in [-0.4, -0.2) is 32.1 Å². The topological polar surface area (TPSA) is 46.5 Å². The van der Waals surface area contributed by atoms with Crippen molar-refractivity contribution in [1.82, 2.24) is 19.7 Å². The molecule has 0 saturated heterocycles. The van der Waals surface area contributed by atoms with Crippen molar-refractivity contribution in [3.8, 4) is 5.69 Å². The summed E-state index contributed by atoms with van der Waals surface area (Å²) in [5.41, 5.74) is -2.09. The van der Waals surface area contributed by atoms with Crippen molar-refractivity contribution in [2.45, 2.75) is 31.6 Å². The summed E-state index contributed by atoms with van der Waals surface area (Å²) in [5, 5.41) is 4.02. The number of imidazole rings is 1. The Morgan fingerprint density at radius 1 is 1.10 bits per heavy atom. The van der Waals surface area contributed by atoms with Crippen molar-refractivity contribution < 1.29 is 26.3 Å². The van der Waals surface area contributed by atoms with Gasteiger partial charge in [-0.15, -0.1) is 0 Å². The Kier molecular flexibility index (Phi) is 4.74. The number of H-pyrrole nitrogens is 1. The van der Waals surface area contributed by atoms with E-state index in [9.17, 15) is 26.3 Å². The number of aromatic nitrogens is 4. The number of halogens is 6. The molecule has 30 heavy (non-hydrogen) atoms. The maximum atomic E-state index is 13.6. The van der Waals surface area contributed by atoms with Crippen LogP contribution >= 0.6 is 0 Å². The van der Waals surface area contributed by atoms with Gasteiger partial charge in [0.1, 0.15) is 5.82 Å². The van der Waals surface area contributed by atoms with E-state index in [0.717, 1.165) is 12.3 Å². The van der Waals surface area contributed by atoms with Gasteiger partial charge in [0.05, 0.1) is 16.7 Å². The highest BCUT2D eigenvalue weighted by atomic mass is 19.4. The van der Waals surface area contributed by atoms with Crippen LogP contribution in [0.1, 0.15) is 29.9 Å². The Labute approximate surface area is 167 Å². The third-order valence-electron chi connectivity index (χ3n) is 5.17. The molecule has 158 valence electrons. The van der Waals surface area contributed by atoms with Gasteiger partial charge in [-0.25, -0.2) is 9.67 Å². The van der Waals surface area contributed by atoms with Crippen molar-refractivity contribution in [3.05, 3.63) is 66.0 Å². The lowest BCUT2D eigenvalue weighted by atomic mass is 10.0. The number of hydrogen-bond donors (Lipinski definition) is 1. The molecule has 1 fully saturated rings. The van der Waals surface area contributed by atoms with Crippen molar-refractivity contribution in [3.63, 3.8) is 0 Å². The molecule has 0 aliphatic heterocycles. The SMILES string of the molecule is FC(F)(F)/C(=C\c1ncc(CC2(C(F)(F)F)CC2)[nH]1)c1ccc(-n2cccn2)cc1. The van der Waals surface area contributed by atoms with Crippen LogP contribution in [0, 0.1) is 5.41 Å². The van der Waals surface area contributed by atoms with E-state index < -0.39 is 23.3 Å². The number of hydrogen-bond acceptors (Lipinski definition) is 2. The van der Waals surface area contributed by atoms with E-state index in [1.54, 1.807) is 18.5 Å². The fourth-order valence-corrected chi connectivity index (χ4v) is 3.30. The van der Waals surface area contributed by atoms with Gasteiger partial charge in [0.25, 0.3) is 0 Å². The lowest BCUT2D eigenvalue weighted by Crippen LogP contribution is -2.26. The minimum Gasteiger partial charge on any atom is -0.342 e. The summed E-state index contributed by atoms with van der Waals surface area (Å²) >= 11 is 0. The summed E-state index contributed by atoms with van der Waals surface area (Å²) in [4.78, 5) is 6.42. The van der Waals surface area contributed by atoms with Crippen molar-refractivity contribution in [2.24, 2.45) is 5.41 Å². The van der Waals surface area contributed by atoms with Crippen molar-refractivity contribution in [1.29, 1.82) is 0 Å². The van der Waals surface area contributed by atoms with Gasteiger partial charge in [-0.2, -0.15) is 31.4 Å². The minimum atomic E-state index is -4.68. The predicted octanol–water partition coefficient (Wildman–Crippen LogP) is 5.58. The van der Waals surface area contributed by atoms with Gasteiger partial charge in [0, 0.05) is 30.7 Å². The van der Waals surface area contributed by atoms with Crippen LogP contribution in [0.5, 0.6) is 0 Å². The maximum Gasteiger partial charge on any atom is 0.417 e. The lowest BCUT2D eigenvalue weighted by molar-refractivity contribution is -0.186. The van der Waals surface area contributed by atoms with Crippen LogP contribution in [-0.2, 0) is 6.42 Å². The van der Waals surface area contributed by atoms with E-state index in [4.69, 9.17) is 0 Å². The number of nitrogens with one attached hydrogen (secondary N) is 1. The molecular formula is C20H16F6N4. The first kappa shape index (κ1) is 20.2. The normalized spacial score (nSPS) is 16.7. The maximum absolute atomic E-state index is 13.6. The molecule has 0 atom stereocenters. The highest BCUT2D eigenvalue weighted by Crippen LogP contribution is 2.59. The molecule has 2 aromatic heterocycles. The first-order valence-electron chi connectivity index (χ1n) is 9.07. The highest BCUT2D eigenvalue weighted by Gasteiger charge is 2.62. The molecule has 0 spiro atoms. The Balaban J connectivity index is 1.60. The van der Waals surface area contributed by atoms with Crippen molar-refractivity contribution in [2.75, 3.05) is 0 Å². The van der Waals surface area contributed by atoms with Gasteiger partial charge < -0.3 is 4.98 Å². The average Bonchev–Trinajstić information content (AvgIpc) is 3.07. The standard InChI is InChI=1S/C20H16F6N4/c21-19(22,23)16(13-2-4-15(5-3-13)30-9-1-8-28-30)10-17-27-12-14(29-17)11-18(6-7-18)20(24,25)26/h1-5,8-10,12H,6-7,11H2,(H,27,29)/b16-10-. The smallest absolute Gasteiger partial charge is 0.342 e. The Morgan fingerprint density at radius 2 is 1.80 bits per heavy atom. The Morgan fingerprint density at radius 3 is 2.33 bits per heavy atom. The number of alkyl halides is 6. The molecule has 0 radical (unpaired) electrons. The lowest BCUT2D eigenvalue weighted by Gasteiger charge is -2.17. The average molecular weight is 426 g/mol. The molecule has 3 aromatic rings. The molecule has 0 bridgehead atoms. The van der Waals surface area contributed by atoms with Crippen LogP contribution < -0.4 is 0 Å². The molecule has 1 N–H and O–H groups in total. The zero-order valence-corrected chi connectivity index (χ0v) is 15.4. The third-order valence-corrected chi connectivity index (χ3v) is 5.17. The first-order valence-corrected chi connectivity index (χ1v) is 9.07. The van der Waals surface area contributed by atoms with Crippen LogP contribution in [0.3, 0.4) is 0 Å². The molecule has 0 unspecified atom stereocenters. The van der Waals surface area contributed by atoms with Crippen LogP contribution in [0.25, 0.3) is 17.3 Å². The second kappa shape index (κ2) is 7.03. The predicted molar refractivity (Wildman–Crippen MR) is 97.5 cm³/mol. The zero-order valence-electron chi connectivity index (χ0n) is 15.4. The van der Waals surface area contributed by atoms with Gasteiger partial charge in [0.2, 0.25) is 0 Å². The number of rotatable bonds is 5. The molecule has 10 heteroatoms. The Bertz CT molecular complexity index is 1040. The summed E-state index contributed by atoms with van der Waals surface area (Å²) in [6, 6.07) is 7.30. The van der Waals surface area contributed by atoms with E-state index in [1.807, 2.05) is 0 Å². The summed E-state index contributed by atoms with van der Waals surface area (Å²) in [6.07, 6.45) is -4.15. The molecule has 1 saturated carbocycles. The van der Waals surface area contributed by atoms with Gasteiger partial charge in [-0.1, -0.05) is 12.1 Å². The van der Waals surface area contributed by atoms with Gasteiger partial charge >= 0.3 is 12.4 Å². The van der Waals surface area contributed by atoms with E-state index >= 15 is 0 Å². The second-order valence-electron chi connectivity index (χ2n) is 7.30. The summed E-state index contributed by atoms with van der Waals surface area (Å²) in [5.74, 6) is -0.147. The van der Waals surface area contributed by atoms with Gasteiger partial charge in [-0.3, -0.25) is 0 Å². The van der Waals surface area contributed by atoms with E-state index in [2.05, 4.69) is 15.1 Å². The van der Waals surface area contributed by atoms with Crippen molar-refractivity contribution >= 4 is 11.6 Å². The number of aromatic amines is 1. The summed E-state index contributed by atoms with van der Waals surface area (Å²) in [7, 11) is 0. The van der Waals surface area contributed by atoms with Gasteiger partial charge in [0.15, 0.2) is 0 Å². The monoisotopic (exact) mass is 426 g/mol. The molecule has 1 aromatic carbocycles. The minimum absolute atomic E-state index is 0.0110. The molecule has 4 nitrogen and oxygen atoms in total. The largest absolute Gasteiger partial charge is 0.417 e. The first-order chi connectivity index (χ1) is 14.1.